The normalized spacial score (nSPS) is 10.2. The molecule has 15 heavy (non-hydrogen) atoms. The highest BCUT2D eigenvalue weighted by Crippen LogP contribution is 2.14. The standard InChI is InChI=1S/C9H11N5O/c1-6-2-7(10)3-11-9(6)12-4-8-13-5-15-14-8/h2-3,5H,4,10H2,1H3,(H,11,12). The lowest BCUT2D eigenvalue weighted by Crippen LogP contribution is -2.04. The minimum atomic E-state index is 0.480. The highest BCUT2D eigenvalue weighted by molar-refractivity contribution is 5.50. The fraction of sp³-hybridized carbons (Fsp3) is 0.222. The van der Waals surface area contributed by atoms with Crippen molar-refractivity contribution in [3.8, 4) is 0 Å². The van der Waals surface area contributed by atoms with Gasteiger partial charge in [0.25, 0.3) is 0 Å². The summed E-state index contributed by atoms with van der Waals surface area (Å²) in [4.78, 5) is 8.04. The summed E-state index contributed by atoms with van der Waals surface area (Å²) >= 11 is 0. The predicted molar refractivity (Wildman–Crippen MR) is 55.0 cm³/mol. The van der Waals surface area contributed by atoms with E-state index in [4.69, 9.17) is 5.73 Å². The minimum absolute atomic E-state index is 0.480. The van der Waals surface area contributed by atoms with Crippen molar-refractivity contribution in [3.63, 3.8) is 0 Å². The molecule has 0 aliphatic heterocycles. The number of nitrogen functional groups attached to an aromatic ring is 1. The summed E-state index contributed by atoms with van der Waals surface area (Å²) in [6.45, 7) is 2.41. The summed E-state index contributed by atoms with van der Waals surface area (Å²) in [5, 5.41) is 6.77. The molecular weight excluding hydrogens is 194 g/mol. The molecule has 2 aromatic heterocycles. The maximum Gasteiger partial charge on any atom is 0.213 e. The van der Waals surface area contributed by atoms with Gasteiger partial charge in [-0.3, -0.25) is 0 Å². The third-order valence-corrected chi connectivity index (χ3v) is 1.92. The summed E-state index contributed by atoms with van der Waals surface area (Å²) in [7, 11) is 0. The topological polar surface area (TPSA) is 89.9 Å². The van der Waals surface area contributed by atoms with Crippen molar-refractivity contribution < 1.29 is 4.52 Å². The van der Waals surface area contributed by atoms with E-state index in [0.717, 1.165) is 11.4 Å². The average Bonchev–Trinajstić information content (AvgIpc) is 2.69. The zero-order valence-electron chi connectivity index (χ0n) is 8.27. The molecule has 0 spiro atoms. The first kappa shape index (κ1) is 9.45. The van der Waals surface area contributed by atoms with Crippen molar-refractivity contribution in [2.24, 2.45) is 0 Å². The van der Waals surface area contributed by atoms with Gasteiger partial charge in [-0.2, -0.15) is 4.98 Å². The van der Waals surface area contributed by atoms with Crippen LogP contribution in [-0.4, -0.2) is 15.1 Å². The Labute approximate surface area is 86.5 Å². The highest BCUT2D eigenvalue weighted by Gasteiger charge is 2.02. The van der Waals surface area contributed by atoms with Gasteiger partial charge in [0.15, 0.2) is 5.82 Å². The number of nitrogens with one attached hydrogen (secondary N) is 1. The second-order valence-corrected chi connectivity index (χ2v) is 3.14. The zero-order valence-corrected chi connectivity index (χ0v) is 8.27. The molecule has 6 nitrogen and oxygen atoms in total. The smallest absolute Gasteiger partial charge is 0.213 e. The molecule has 0 unspecified atom stereocenters. The van der Waals surface area contributed by atoms with Gasteiger partial charge in [0.2, 0.25) is 6.39 Å². The van der Waals surface area contributed by atoms with E-state index >= 15 is 0 Å². The number of pyridine rings is 1. The van der Waals surface area contributed by atoms with Gasteiger partial charge in [0.05, 0.1) is 18.4 Å². The summed E-state index contributed by atoms with van der Waals surface area (Å²) in [5.41, 5.74) is 7.22. The summed E-state index contributed by atoms with van der Waals surface area (Å²) < 4.78 is 4.61. The molecule has 0 atom stereocenters. The number of aromatic nitrogens is 3. The quantitative estimate of drug-likeness (QED) is 0.775. The third-order valence-electron chi connectivity index (χ3n) is 1.92. The lowest BCUT2D eigenvalue weighted by Gasteiger charge is -2.06. The van der Waals surface area contributed by atoms with Gasteiger partial charge in [-0.05, 0) is 18.6 Å². The zero-order chi connectivity index (χ0) is 10.7. The molecule has 0 fully saturated rings. The molecule has 0 saturated heterocycles. The first-order valence-corrected chi connectivity index (χ1v) is 4.47. The van der Waals surface area contributed by atoms with Crippen LogP contribution in [0.2, 0.25) is 0 Å². The lowest BCUT2D eigenvalue weighted by atomic mass is 10.2. The lowest BCUT2D eigenvalue weighted by molar-refractivity contribution is 0.411. The number of rotatable bonds is 3. The van der Waals surface area contributed by atoms with Crippen LogP contribution >= 0.6 is 0 Å². The molecule has 2 aromatic rings. The molecule has 2 rings (SSSR count). The Bertz CT molecular complexity index is 440. The molecule has 2 heterocycles. The molecule has 0 radical (unpaired) electrons. The number of hydrogen-bond acceptors (Lipinski definition) is 6. The Balaban J connectivity index is 2.05. The van der Waals surface area contributed by atoms with Gasteiger partial charge < -0.3 is 15.6 Å². The van der Waals surface area contributed by atoms with Crippen molar-refractivity contribution in [2.75, 3.05) is 11.1 Å². The second kappa shape index (κ2) is 3.95. The van der Waals surface area contributed by atoms with E-state index in [1.807, 2.05) is 13.0 Å². The largest absolute Gasteiger partial charge is 0.397 e. The molecule has 0 saturated carbocycles. The Hall–Kier alpha value is -2.11. The number of aryl methyl sites for hydroxylation is 1. The van der Waals surface area contributed by atoms with Crippen LogP contribution in [0.15, 0.2) is 23.2 Å². The Kier molecular flexibility index (Phi) is 2.49. The van der Waals surface area contributed by atoms with Gasteiger partial charge in [-0.25, -0.2) is 4.98 Å². The van der Waals surface area contributed by atoms with E-state index in [-0.39, 0.29) is 0 Å². The molecule has 0 aromatic carbocycles. The van der Waals surface area contributed by atoms with E-state index in [1.165, 1.54) is 6.39 Å². The van der Waals surface area contributed by atoms with Crippen LogP contribution in [0, 0.1) is 6.92 Å². The van der Waals surface area contributed by atoms with Crippen LogP contribution in [-0.2, 0) is 6.54 Å². The van der Waals surface area contributed by atoms with Crippen LogP contribution in [0.25, 0.3) is 0 Å². The van der Waals surface area contributed by atoms with Crippen LogP contribution in [0.5, 0.6) is 0 Å². The van der Waals surface area contributed by atoms with Crippen LogP contribution < -0.4 is 11.1 Å². The van der Waals surface area contributed by atoms with E-state index in [9.17, 15) is 0 Å². The molecule has 78 valence electrons. The Morgan fingerprint density at radius 2 is 2.33 bits per heavy atom. The maximum absolute atomic E-state index is 5.59. The van der Waals surface area contributed by atoms with Crippen LogP contribution in [0.1, 0.15) is 11.4 Å². The molecule has 6 heteroatoms. The first-order chi connectivity index (χ1) is 7.25. The fourth-order valence-electron chi connectivity index (χ4n) is 1.21. The molecule has 0 amide bonds. The Morgan fingerprint density at radius 1 is 1.47 bits per heavy atom. The summed E-state index contributed by atoms with van der Waals surface area (Å²) in [6, 6.07) is 1.85. The van der Waals surface area contributed by atoms with Gasteiger partial charge in [0, 0.05) is 0 Å². The maximum atomic E-state index is 5.59. The van der Waals surface area contributed by atoms with Gasteiger partial charge in [0.1, 0.15) is 5.82 Å². The molecule has 0 bridgehead atoms. The van der Waals surface area contributed by atoms with Gasteiger partial charge in [-0.1, -0.05) is 5.16 Å². The monoisotopic (exact) mass is 205 g/mol. The molecule has 0 aliphatic carbocycles. The molecule has 0 aliphatic rings. The SMILES string of the molecule is Cc1cc(N)cnc1NCc1ncon1. The van der Waals surface area contributed by atoms with Crippen LogP contribution in [0.3, 0.4) is 0 Å². The first-order valence-electron chi connectivity index (χ1n) is 4.47. The summed E-state index contributed by atoms with van der Waals surface area (Å²) in [6.07, 6.45) is 2.89. The van der Waals surface area contributed by atoms with Crippen molar-refractivity contribution in [2.45, 2.75) is 13.5 Å². The number of nitrogens with zero attached hydrogens (tertiary/aromatic N) is 3. The molecular formula is C9H11N5O. The van der Waals surface area contributed by atoms with E-state index in [0.29, 0.717) is 18.1 Å². The summed E-state index contributed by atoms with van der Waals surface area (Å²) in [5.74, 6) is 1.36. The van der Waals surface area contributed by atoms with E-state index in [1.54, 1.807) is 6.20 Å². The van der Waals surface area contributed by atoms with Crippen LogP contribution in [0.4, 0.5) is 11.5 Å². The van der Waals surface area contributed by atoms with Gasteiger partial charge >= 0.3 is 0 Å². The highest BCUT2D eigenvalue weighted by atomic mass is 16.5. The molecule has 3 N–H and O–H groups in total. The minimum Gasteiger partial charge on any atom is -0.397 e. The second-order valence-electron chi connectivity index (χ2n) is 3.14. The average molecular weight is 205 g/mol. The fourth-order valence-corrected chi connectivity index (χ4v) is 1.21. The van der Waals surface area contributed by atoms with Crippen molar-refractivity contribution in [1.29, 1.82) is 0 Å². The van der Waals surface area contributed by atoms with Gasteiger partial charge in [-0.15, -0.1) is 0 Å². The Morgan fingerprint density at radius 3 is 3.00 bits per heavy atom. The third kappa shape index (κ3) is 2.22. The van der Waals surface area contributed by atoms with E-state index < -0.39 is 0 Å². The number of nitrogens with two attached hydrogens (primary N) is 1. The van der Waals surface area contributed by atoms with Crippen molar-refractivity contribution >= 4 is 11.5 Å². The van der Waals surface area contributed by atoms with Crippen molar-refractivity contribution in [3.05, 3.63) is 30.0 Å². The number of anilines is 2. The van der Waals surface area contributed by atoms with E-state index in [2.05, 4.69) is 25.0 Å². The van der Waals surface area contributed by atoms with Crippen molar-refractivity contribution in [1.82, 2.24) is 15.1 Å². The predicted octanol–water partition coefficient (Wildman–Crippen LogP) is 0.967. The number of hydrogen-bond donors (Lipinski definition) is 2.